The summed E-state index contributed by atoms with van der Waals surface area (Å²) >= 11 is 0. The first kappa shape index (κ1) is 13.8. The number of aryl methyl sites for hydroxylation is 2. The normalized spacial score (nSPS) is 12.4. The Morgan fingerprint density at radius 1 is 1.00 bits per heavy atom. The number of benzene rings is 2. The van der Waals surface area contributed by atoms with Crippen LogP contribution in [-0.4, -0.2) is 6.54 Å². The second kappa shape index (κ2) is 5.98. The van der Waals surface area contributed by atoms with E-state index in [1.54, 1.807) is 12.1 Å². The molecule has 100 valence electrons. The first-order valence-electron chi connectivity index (χ1n) is 6.68. The van der Waals surface area contributed by atoms with E-state index in [1.165, 1.54) is 22.8 Å². The Balaban J connectivity index is 2.42. The molecule has 0 aliphatic heterocycles. The molecule has 0 bridgehead atoms. The Morgan fingerprint density at radius 2 is 1.74 bits per heavy atom. The van der Waals surface area contributed by atoms with Crippen LogP contribution in [0.2, 0.25) is 0 Å². The summed E-state index contributed by atoms with van der Waals surface area (Å²) in [5.74, 6) is -0.191. The van der Waals surface area contributed by atoms with Crippen LogP contribution < -0.4 is 5.32 Å². The summed E-state index contributed by atoms with van der Waals surface area (Å²) in [6.45, 7) is 7.11. The van der Waals surface area contributed by atoms with Gasteiger partial charge >= 0.3 is 0 Å². The maximum absolute atomic E-state index is 13.4. The SMILES string of the molecule is CCNC(c1cccc(F)c1)c1ccc(C)c(C)c1. The van der Waals surface area contributed by atoms with Gasteiger partial charge in [-0.15, -0.1) is 0 Å². The smallest absolute Gasteiger partial charge is 0.123 e. The molecule has 0 saturated carbocycles. The van der Waals surface area contributed by atoms with E-state index in [1.807, 2.05) is 6.07 Å². The van der Waals surface area contributed by atoms with E-state index in [-0.39, 0.29) is 11.9 Å². The fourth-order valence-electron chi connectivity index (χ4n) is 2.26. The van der Waals surface area contributed by atoms with E-state index in [4.69, 9.17) is 0 Å². The lowest BCUT2D eigenvalue weighted by molar-refractivity contribution is 0.603. The summed E-state index contributed by atoms with van der Waals surface area (Å²) in [5.41, 5.74) is 4.68. The lowest BCUT2D eigenvalue weighted by Crippen LogP contribution is -2.22. The molecule has 2 heteroatoms. The fraction of sp³-hybridized carbons (Fsp3) is 0.294. The van der Waals surface area contributed by atoms with Crippen LogP contribution in [0.3, 0.4) is 0 Å². The third-order valence-corrected chi connectivity index (χ3v) is 3.45. The van der Waals surface area contributed by atoms with Gasteiger partial charge in [0, 0.05) is 0 Å². The third-order valence-electron chi connectivity index (χ3n) is 3.45. The number of rotatable bonds is 4. The summed E-state index contributed by atoms with van der Waals surface area (Å²) in [7, 11) is 0. The van der Waals surface area contributed by atoms with Crippen LogP contribution in [0.4, 0.5) is 4.39 Å². The molecule has 0 aromatic heterocycles. The van der Waals surface area contributed by atoms with Crippen molar-refractivity contribution in [2.24, 2.45) is 0 Å². The first-order valence-corrected chi connectivity index (χ1v) is 6.68. The highest BCUT2D eigenvalue weighted by atomic mass is 19.1. The van der Waals surface area contributed by atoms with Crippen LogP contribution in [0.1, 0.15) is 35.2 Å². The molecular weight excluding hydrogens is 237 g/mol. The summed E-state index contributed by atoms with van der Waals surface area (Å²) in [5, 5.41) is 3.42. The fourth-order valence-corrected chi connectivity index (χ4v) is 2.26. The standard InChI is InChI=1S/C17H20FN/c1-4-19-17(14-6-5-7-16(18)11-14)15-9-8-12(2)13(3)10-15/h5-11,17,19H,4H2,1-3H3. The van der Waals surface area contributed by atoms with Crippen molar-refractivity contribution in [2.45, 2.75) is 26.8 Å². The van der Waals surface area contributed by atoms with Gasteiger partial charge < -0.3 is 5.32 Å². The molecule has 0 amide bonds. The Kier molecular flexibility index (Phi) is 4.33. The maximum atomic E-state index is 13.4. The van der Waals surface area contributed by atoms with Gasteiger partial charge in [0.2, 0.25) is 0 Å². The van der Waals surface area contributed by atoms with Crippen LogP contribution in [0.25, 0.3) is 0 Å². The lowest BCUT2D eigenvalue weighted by Gasteiger charge is -2.20. The summed E-state index contributed by atoms with van der Waals surface area (Å²) in [6.07, 6.45) is 0. The summed E-state index contributed by atoms with van der Waals surface area (Å²) in [6, 6.07) is 13.2. The Hall–Kier alpha value is -1.67. The quantitative estimate of drug-likeness (QED) is 0.868. The molecule has 2 rings (SSSR count). The predicted molar refractivity (Wildman–Crippen MR) is 77.8 cm³/mol. The zero-order chi connectivity index (χ0) is 13.8. The number of hydrogen-bond acceptors (Lipinski definition) is 1. The molecule has 1 atom stereocenters. The molecule has 0 heterocycles. The first-order chi connectivity index (χ1) is 9.11. The third kappa shape index (κ3) is 3.21. The highest BCUT2D eigenvalue weighted by Crippen LogP contribution is 2.24. The van der Waals surface area contributed by atoms with E-state index in [0.29, 0.717) is 0 Å². The molecule has 1 N–H and O–H groups in total. The summed E-state index contributed by atoms with van der Waals surface area (Å²) in [4.78, 5) is 0. The van der Waals surface area contributed by atoms with E-state index in [2.05, 4.69) is 44.3 Å². The molecule has 0 spiro atoms. The molecule has 1 nitrogen and oxygen atoms in total. The number of hydrogen-bond donors (Lipinski definition) is 1. The molecule has 0 aliphatic rings. The Morgan fingerprint density at radius 3 is 2.37 bits per heavy atom. The van der Waals surface area contributed by atoms with Gasteiger partial charge in [-0.3, -0.25) is 0 Å². The summed E-state index contributed by atoms with van der Waals surface area (Å²) < 4.78 is 13.4. The van der Waals surface area contributed by atoms with Gasteiger partial charge in [0.15, 0.2) is 0 Å². The average Bonchev–Trinajstić information content (AvgIpc) is 2.39. The number of nitrogens with one attached hydrogen (secondary N) is 1. The van der Waals surface area contributed by atoms with Gasteiger partial charge in [0.1, 0.15) is 5.82 Å². The van der Waals surface area contributed by atoms with Crippen molar-refractivity contribution in [1.29, 1.82) is 0 Å². The molecule has 0 fully saturated rings. The molecule has 0 radical (unpaired) electrons. The van der Waals surface area contributed by atoms with E-state index < -0.39 is 0 Å². The highest BCUT2D eigenvalue weighted by Gasteiger charge is 2.13. The van der Waals surface area contributed by atoms with Crippen molar-refractivity contribution in [2.75, 3.05) is 6.54 Å². The van der Waals surface area contributed by atoms with Crippen molar-refractivity contribution in [3.05, 3.63) is 70.5 Å². The molecule has 2 aromatic rings. The van der Waals surface area contributed by atoms with Crippen LogP contribution in [0, 0.1) is 19.7 Å². The largest absolute Gasteiger partial charge is 0.307 e. The van der Waals surface area contributed by atoms with Gasteiger partial charge in [0.25, 0.3) is 0 Å². The lowest BCUT2D eigenvalue weighted by atomic mass is 9.95. The average molecular weight is 257 g/mol. The molecule has 0 saturated heterocycles. The van der Waals surface area contributed by atoms with Crippen molar-refractivity contribution in [1.82, 2.24) is 5.32 Å². The van der Waals surface area contributed by atoms with Crippen molar-refractivity contribution in [3.63, 3.8) is 0 Å². The maximum Gasteiger partial charge on any atom is 0.123 e. The second-order valence-electron chi connectivity index (χ2n) is 4.89. The highest BCUT2D eigenvalue weighted by molar-refractivity contribution is 5.37. The van der Waals surface area contributed by atoms with Crippen molar-refractivity contribution < 1.29 is 4.39 Å². The van der Waals surface area contributed by atoms with Crippen molar-refractivity contribution in [3.8, 4) is 0 Å². The Labute approximate surface area is 114 Å². The van der Waals surface area contributed by atoms with Crippen LogP contribution in [0.5, 0.6) is 0 Å². The minimum atomic E-state index is -0.191. The van der Waals surface area contributed by atoms with Crippen LogP contribution in [0.15, 0.2) is 42.5 Å². The zero-order valence-electron chi connectivity index (χ0n) is 11.7. The van der Waals surface area contributed by atoms with Gasteiger partial charge in [-0.05, 0) is 54.8 Å². The van der Waals surface area contributed by atoms with Gasteiger partial charge in [-0.2, -0.15) is 0 Å². The van der Waals surface area contributed by atoms with E-state index >= 15 is 0 Å². The van der Waals surface area contributed by atoms with Gasteiger partial charge in [-0.1, -0.05) is 37.3 Å². The minimum absolute atomic E-state index is 0.0417. The van der Waals surface area contributed by atoms with Gasteiger partial charge in [-0.25, -0.2) is 4.39 Å². The molecule has 2 aromatic carbocycles. The number of halogens is 1. The predicted octanol–water partition coefficient (Wildman–Crippen LogP) is 4.14. The minimum Gasteiger partial charge on any atom is -0.307 e. The molecule has 0 aliphatic carbocycles. The monoisotopic (exact) mass is 257 g/mol. The second-order valence-corrected chi connectivity index (χ2v) is 4.89. The molecule has 19 heavy (non-hydrogen) atoms. The molecular formula is C17H20FN. The van der Waals surface area contributed by atoms with Crippen molar-refractivity contribution >= 4 is 0 Å². The van der Waals surface area contributed by atoms with E-state index in [9.17, 15) is 4.39 Å². The van der Waals surface area contributed by atoms with E-state index in [0.717, 1.165) is 12.1 Å². The van der Waals surface area contributed by atoms with Crippen LogP contribution in [-0.2, 0) is 0 Å². The molecule has 1 unspecified atom stereocenters. The zero-order valence-corrected chi connectivity index (χ0v) is 11.7. The Bertz CT molecular complexity index is 563. The van der Waals surface area contributed by atoms with Gasteiger partial charge in [0.05, 0.1) is 6.04 Å². The topological polar surface area (TPSA) is 12.0 Å². The van der Waals surface area contributed by atoms with Crippen LogP contribution >= 0.6 is 0 Å².